The second-order valence-corrected chi connectivity index (χ2v) is 23.6. The molecule has 1 heteroatoms. The van der Waals surface area contributed by atoms with Crippen molar-refractivity contribution in [1.29, 1.82) is 0 Å². The maximum atomic E-state index is 2.52. The molecule has 18 rings (SSSR count). The molecule has 0 radical (unpaired) electrons. The number of hydrogen-bond donors (Lipinski definition) is 0. The number of fused-ring (bicyclic) bond motifs is 23. The van der Waals surface area contributed by atoms with Gasteiger partial charge < -0.3 is 4.57 Å². The van der Waals surface area contributed by atoms with Crippen molar-refractivity contribution in [2.75, 3.05) is 0 Å². The quantitative estimate of drug-likeness (QED) is 0.162. The lowest BCUT2D eigenvalue weighted by Gasteiger charge is -2.30. The van der Waals surface area contributed by atoms with Gasteiger partial charge in [0, 0.05) is 16.5 Å². The number of rotatable bonds is 5. The Balaban J connectivity index is 0.814. The van der Waals surface area contributed by atoms with Crippen LogP contribution in [0.4, 0.5) is 0 Å². The van der Waals surface area contributed by atoms with E-state index in [9.17, 15) is 0 Å². The standard InChI is InChI=1S/C82H53N/c1-50-43-51(2)45-59(44-50)54-29-27-52(28-30-54)53-31-37-60(38-32-53)83-79-41-35-55(57-33-39-67-65-19-7-13-25-75(65)81(77(67)48-57)71-21-9-3-15-61(71)62-16-4-10-22-72(62)81)46-69(79)70-47-56(36-42-80(70)83)58-34-40-68-66-20-8-14-26-76(66)82(78(68)49-58)73-23-11-5-17-63(73)64-18-6-12-24-74(64)82/h3-49H,1-2H3. The molecule has 0 N–H and O–H groups in total. The van der Waals surface area contributed by atoms with Crippen LogP contribution in [0, 0.1) is 13.8 Å². The van der Waals surface area contributed by atoms with Crippen molar-refractivity contribution in [1.82, 2.24) is 4.57 Å². The Labute approximate surface area is 483 Å². The Morgan fingerprint density at radius 2 is 0.494 bits per heavy atom. The van der Waals surface area contributed by atoms with Gasteiger partial charge in [-0.15, -0.1) is 0 Å². The first-order valence-electron chi connectivity index (χ1n) is 29.2. The second-order valence-electron chi connectivity index (χ2n) is 23.6. The Morgan fingerprint density at radius 1 is 0.217 bits per heavy atom. The minimum Gasteiger partial charge on any atom is -0.309 e. The summed E-state index contributed by atoms with van der Waals surface area (Å²) in [5.74, 6) is 0. The van der Waals surface area contributed by atoms with Gasteiger partial charge in [-0.3, -0.25) is 0 Å². The minimum atomic E-state index is -0.420. The molecule has 1 heterocycles. The molecule has 0 aliphatic heterocycles. The normalized spacial score (nSPS) is 13.9. The van der Waals surface area contributed by atoms with Gasteiger partial charge in [-0.05, 0) is 196 Å². The predicted octanol–water partition coefficient (Wildman–Crippen LogP) is 20.8. The highest BCUT2D eigenvalue weighted by atomic mass is 15.0. The van der Waals surface area contributed by atoms with Crippen molar-refractivity contribution < 1.29 is 0 Å². The van der Waals surface area contributed by atoms with Crippen LogP contribution in [0.15, 0.2) is 285 Å². The van der Waals surface area contributed by atoms with Gasteiger partial charge in [-0.25, -0.2) is 0 Å². The van der Waals surface area contributed by atoms with Crippen LogP contribution in [0.1, 0.15) is 55.6 Å². The molecule has 0 fully saturated rings. The summed E-state index contributed by atoms with van der Waals surface area (Å²) in [5.41, 5.74) is 36.3. The molecule has 13 aromatic carbocycles. The molecule has 4 aliphatic carbocycles. The smallest absolute Gasteiger partial charge is 0.0725 e. The first-order valence-corrected chi connectivity index (χ1v) is 29.2. The maximum Gasteiger partial charge on any atom is 0.0725 e. The molecule has 2 spiro atoms. The van der Waals surface area contributed by atoms with Gasteiger partial charge >= 0.3 is 0 Å². The van der Waals surface area contributed by atoms with Crippen LogP contribution in [0.25, 0.3) is 117 Å². The summed E-state index contributed by atoms with van der Waals surface area (Å²) in [4.78, 5) is 0. The molecule has 1 aromatic heterocycles. The van der Waals surface area contributed by atoms with Crippen molar-refractivity contribution in [2.45, 2.75) is 24.7 Å². The summed E-state index contributed by atoms with van der Waals surface area (Å²) in [5, 5.41) is 2.45. The zero-order chi connectivity index (χ0) is 54.7. The van der Waals surface area contributed by atoms with E-state index in [0.717, 1.165) is 5.69 Å². The van der Waals surface area contributed by atoms with E-state index in [1.807, 2.05) is 0 Å². The van der Waals surface area contributed by atoms with Crippen molar-refractivity contribution >= 4 is 21.8 Å². The monoisotopic (exact) mass is 1050 g/mol. The van der Waals surface area contributed by atoms with E-state index >= 15 is 0 Å². The average molecular weight is 1050 g/mol. The lowest BCUT2D eigenvalue weighted by atomic mass is 9.70. The zero-order valence-corrected chi connectivity index (χ0v) is 46.1. The van der Waals surface area contributed by atoms with Crippen LogP contribution in [-0.4, -0.2) is 4.57 Å². The van der Waals surface area contributed by atoms with Crippen molar-refractivity contribution in [3.63, 3.8) is 0 Å². The Hall–Kier alpha value is -10.3. The molecule has 0 amide bonds. The summed E-state index contributed by atoms with van der Waals surface area (Å²) >= 11 is 0. The molecule has 386 valence electrons. The van der Waals surface area contributed by atoms with Crippen molar-refractivity contribution in [3.05, 3.63) is 341 Å². The first kappa shape index (κ1) is 46.4. The topological polar surface area (TPSA) is 4.93 Å². The minimum absolute atomic E-state index is 0.420. The highest BCUT2D eigenvalue weighted by Crippen LogP contribution is 2.65. The summed E-state index contributed by atoms with van der Waals surface area (Å²) in [6.07, 6.45) is 0. The predicted molar refractivity (Wildman–Crippen MR) is 345 cm³/mol. The van der Waals surface area contributed by atoms with Gasteiger partial charge in [0.05, 0.1) is 21.9 Å². The van der Waals surface area contributed by atoms with Crippen molar-refractivity contribution in [2.24, 2.45) is 0 Å². The van der Waals surface area contributed by atoms with E-state index < -0.39 is 10.8 Å². The Bertz CT molecular complexity index is 4700. The lowest BCUT2D eigenvalue weighted by Crippen LogP contribution is -2.25. The van der Waals surface area contributed by atoms with E-state index in [-0.39, 0.29) is 0 Å². The molecule has 0 saturated heterocycles. The van der Waals surface area contributed by atoms with E-state index in [0.29, 0.717) is 0 Å². The molecular weight excluding hydrogens is 999 g/mol. The zero-order valence-electron chi connectivity index (χ0n) is 46.1. The van der Waals surface area contributed by atoms with Gasteiger partial charge in [0.2, 0.25) is 0 Å². The Kier molecular flexibility index (Phi) is 9.56. The summed E-state index contributed by atoms with van der Waals surface area (Å²) < 4.78 is 2.48. The molecule has 0 unspecified atom stereocenters. The first-order chi connectivity index (χ1) is 40.9. The molecule has 0 bridgehead atoms. The average Bonchev–Trinajstić information content (AvgIpc) is 1.90. The maximum absolute atomic E-state index is 2.52. The van der Waals surface area contributed by atoms with E-state index in [1.54, 1.807) is 0 Å². The number of nitrogens with zero attached hydrogens (tertiary/aromatic N) is 1. The highest BCUT2D eigenvalue weighted by Gasteiger charge is 2.53. The second kappa shape index (κ2) is 17.1. The SMILES string of the molecule is Cc1cc(C)cc(-c2ccc(-c3ccc(-n4c5ccc(-c6ccc7c(c6)C6(c8ccccc8-c8ccccc86)c6ccccc6-7)cc5c5cc(-c6ccc7c(c6)C6(c8ccccc8-c8ccccc86)c6ccccc6-7)ccc54)cc3)cc2)c1. The molecule has 1 nitrogen and oxygen atoms in total. The van der Waals surface area contributed by atoms with Crippen molar-refractivity contribution in [3.8, 4) is 94.7 Å². The van der Waals surface area contributed by atoms with Crippen LogP contribution in [0.3, 0.4) is 0 Å². The fourth-order valence-corrected chi connectivity index (χ4v) is 16.0. The van der Waals surface area contributed by atoms with Crippen LogP contribution in [-0.2, 0) is 10.8 Å². The highest BCUT2D eigenvalue weighted by molar-refractivity contribution is 6.12. The summed E-state index contributed by atoms with van der Waals surface area (Å²) in [6, 6.07) is 109. The largest absolute Gasteiger partial charge is 0.309 e. The number of aromatic nitrogens is 1. The number of benzene rings is 13. The van der Waals surface area contributed by atoms with Gasteiger partial charge in [0.15, 0.2) is 0 Å². The van der Waals surface area contributed by atoms with Crippen LogP contribution >= 0.6 is 0 Å². The molecule has 14 aromatic rings. The molecule has 0 saturated carbocycles. The third-order valence-electron chi connectivity index (χ3n) is 19.3. The van der Waals surface area contributed by atoms with Crippen LogP contribution in [0.2, 0.25) is 0 Å². The van der Waals surface area contributed by atoms with Crippen LogP contribution < -0.4 is 0 Å². The molecule has 83 heavy (non-hydrogen) atoms. The van der Waals surface area contributed by atoms with Crippen LogP contribution in [0.5, 0.6) is 0 Å². The van der Waals surface area contributed by atoms with Gasteiger partial charge in [0.25, 0.3) is 0 Å². The third kappa shape index (κ3) is 6.26. The molecule has 4 aliphatic rings. The van der Waals surface area contributed by atoms with Gasteiger partial charge in [0.1, 0.15) is 0 Å². The summed E-state index contributed by atoms with van der Waals surface area (Å²) in [7, 11) is 0. The fourth-order valence-electron chi connectivity index (χ4n) is 16.0. The van der Waals surface area contributed by atoms with E-state index in [2.05, 4.69) is 304 Å². The molecule has 0 atom stereocenters. The van der Waals surface area contributed by atoms with Gasteiger partial charge in [-0.1, -0.05) is 248 Å². The lowest BCUT2D eigenvalue weighted by molar-refractivity contribution is 0.794. The number of hydrogen-bond acceptors (Lipinski definition) is 0. The van der Waals surface area contributed by atoms with E-state index in [1.165, 1.54) is 166 Å². The van der Waals surface area contributed by atoms with E-state index in [4.69, 9.17) is 0 Å². The molecular formula is C82H53N. The fraction of sp³-hybridized carbons (Fsp3) is 0.0488. The Morgan fingerprint density at radius 3 is 0.855 bits per heavy atom. The third-order valence-corrected chi connectivity index (χ3v) is 19.3. The number of aryl methyl sites for hydroxylation is 2. The van der Waals surface area contributed by atoms with Gasteiger partial charge in [-0.2, -0.15) is 0 Å². The summed E-state index contributed by atoms with van der Waals surface area (Å²) in [6.45, 7) is 4.35.